The molecule has 0 atom stereocenters. The Hall–Kier alpha value is -0.990. The molecule has 1 aliphatic rings. The van der Waals surface area contributed by atoms with Crippen molar-refractivity contribution < 1.29 is 18.0 Å². The van der Waals surface area contributed by atoms with E-state index in [0.717, 1.165) is 36.9 Å². The van der Waals surface area contributed by atoms with Gasteiger partial charge in [-0.15, -0.1) is 24.8 Å². The number of nitrogens with one attached hydrogen (secondary N) is 2. The van der Waals surface area contributed by atoms with Gasteiger partial charge in [-0.2, -0.15) is 13.2 Å². The zero-order valence-corrected chi connectivity index (χ0v) is 14.8. The van der Waals surface area contributed by atoms with Crippen molar-refractivity contribution in [3.63, 3.8) is 0 Å². The lowest BCUT2D eigenvalue weighted by Crippen LogP contribution is -2.30. The van der Waals surface area contributed by atoms with Gasteiger partial charge < -0.3 is 15.2 Å². The molecule has 0 unspecified atom stereocenters. The number of amides is 1. The van der Waals surface area contributed by atoms with Gasteiger partial charge in [0.1, 0.15) is 12.4 Å². The van der Waals surface area contributed by atoms with Gasteiger partial charge in [0.15, 0.2) is 0 Å². The number of imidazole rings is 1. The van der Waals surface area contributed by atoms with E-state index in [1.54, 1.807) is 0 Å². The van der Waals surface area contributed by atoms with Crippen LogP contribution in [0.1, 0.15) is 31.5 Å². The molecule has 1 aromatic rings. The maximum atomic E-state index is 12.4. The number of alkyl halides is 3. The predicted octanol–water partition coefficient (Wildman–Crippen LogP) is 2.69. The van der Waals surface area contributed by atoms with Gasteiger partial charge in [0.05, 0.1) is 6.54 Å². The number of hydrogen-bond donors (Lipinski definition) is 2. The quantitative estimate of drug-likeness (QED) is 0.784. The molecular formula is C14H23Cl2F3N4O. The lowest BCUT2D eigenvalue weighted by Gasteiger charge is -2.22. The van der Waals surface area contributed by atoms with Crippen LogP contribution in [-0.2, 0) is 17.9 Å². The van der Waals surface area contributed by atoms with Gasteiger partial charge >= 0.3 is 6.18 Å². The van der Waals surface area contributed by atoms with Crippen LogP contribution < -0.4 is 10.6 Å². The van der Waals surface area contributed by atoms with Gasteiger partial charge in [-0.3, -0.25) is 4.79 Å². The van der Waals surface area contributed by atoms with E-state index >= 15 is 0 Å². The lowest BCUT2D eigenvalue weighted by atomic mass is 9.93. The Bertz CT molecular complexity index is 491. The zero-order valence-electron chi connectivity index (χ0n) is 13.1. The summed E-state index contributed by atoms with van der Waals surface area (Å²) in [5.74, 6) is 0.631. The number of aromatic nitrogens is 2. The van der Waals surface area contributed by atoms with Crippen molar-refractivity contribution in [1.29, 1.82) is 0 Å². The van der Waals surface area contributed by atoms with Crippen molar-refractivity contribution in [2.75, 3.05) is 13.1 Å². The monoisotopic (exact) mass is 390 g/mol. The van der Waals surface area contributed by atoms with Gasteiger partial charge in [0.25, 0.3) is 0 Å². The van der Waals surface area contributed by atoms with Crippen LogP contribution in [0, 0.1) is 5.92 Å². The summed E-state index contributed by atoms with van der Waals surface area (Å²) in [6.45, 7) is 0.906. The van der Waals surface area contributed by atoms with Crippen LogP contribution in [0.3, 0.4) is 0 Å². The third-order valence-corrected chi connectivity index (χ3v) is 3.83. The highest BCUT2D eigenvalue weighted by Crippen LogP contribution is 2.19. The van der Waals surface area contributed by atoms with E-state index in [2.05, 4.69) is 15.6 Å². The first-order valence-corrected chi connectivity index (χ1v) is 7.48. The normalized spacial score (nSPS) is 15.3. The molecule has 0 bridgehead atoms. The van der Waals surface area contributed by atoms with Gasteiger partial charge in [-0.05, 0) is 38.3 Å². The highest BCUT2D eigenvalue weighted by Gasteiger charge is 2.28. The van der Waals surface area contributed by atoms with Crippen LogP contribution in [0.2, 0.25) is 0 Å². The average molecular weight is 391 g/mol. The molecule has 2 rings (SSSR count). The number of halogens is 5. The van der Waals surface area contributed by atoms with E-state index in [9.17, 15) is 18.0 Å². The van der Waals surface area contributed by atoms with Crippen LogP contribution in [0.15, 0.2) is 12.4 Å². The SMILES string of the molecule is Cl.Cl.O=C(CCC1CCNCC1)NCc1nccn1CC(F)(F)F. The highest BCUT2D eigenvalue weighted by molar-refractivity contribution is 5.85. The maximum Gasteiger partial charge on any atom is 0.406 e. The topological polar surface area (TPSA) is 59.0 Å². The Morgan fingerprint density at radius 3 is 2.62 bits per heavy atom. The van der Waals surface area contributed by atoms with Gasteiger partial charge in [-0.25, -0.2) is 4.98 Å². The van der Waals surface area contributed by atoms with Crippen molar-refractivity contribution in [2.24, 2.45) is 5.92 Å². The molecule has 24 heavy (non-hydrogen) atoms. The molecule has 0 spiro atoms. The summed E-state index contributed by atoms with van der Waals surface area (Å²) in [4.78, 5) is 15.7. The van der Waals surface area contributed by atoms with Gasteiger partial charge in [0, 0.05) is 18.8 Å². The molecule has 2 N–H and O–H groups in total. The van der Waals surface area contributed by atoms with Crippen LogP contribution in [0.4, 0.5) is 13.2 Å². The average Bonchev–Trinajstić information content (AvgIpc) is 2.89. The third-order valence-electron chi connectivity index (χ3n) is 3.83. The van der Waals surface area contributed by atoms with E-state index in [1.807, 2.05) is 0 Å². The van der Waals surface area contributed by atoms with Gasteiger partial charge in [0.2, 0.25) is 5.91 Å². The van der Waals surface area contributed by atoms with Crippen LogP contribution in [-0.4, -0.2) is 34.7 Å². The number of carbonyl (C=O) groups is 1. The predicted molar refractivity (Wildman–Crippen MR) is 89.5 cm³/mol. The standard InChI is InChI=1S/C14H21F3N4O.2ClH/c15-14(16,17)10-21-8-7-19-12(21)9-20-13(22)2-1-11-3-5-18-6-4-11;;/h7-8,11,18H,1-6,9-10H2,(H,20,22);2*1H. The second kappa shape index (κ2) is 10.8. The fourth-order valence-electron chi connectivity index (χ4n) is 2.62. The molecule has 2 heterocycles. The first kappa shape index (κ1) is 23.0. The summed E-state index contributed by atoms with van der Waals surface area (Å²) in [7, 11) is 0. The number of piperidine rings is 1. The van der Waals surface area contributed by atoms with Crippen molar-refractivity contribution in [1.82, 2.24) is 20.2 Å². The fraction of sp³-hybridized carbons (Fsp3) is 0.714. The van der Waals surface area contributed by atoms with Crippen LogP contribution in [0.25, 0.3) is 0 Å². The Morgan fingerprint density at radius 2 is 2.00 bits per heavy atom. The second-order valence-electron chi connectivity index (χ2n) is 5.60. The Kier molecular flexibility index (Phi) is 10.3. The molecule has 0 aliphatic carbocycles. The van der Waals surface area contributed by atoms with E-state index in [0.29, 0.717) is 12.3 Å². The minimum atomic E-state index is -4.30. The molecule has 1 amide bonds. The summed E-state index contributed by atoms with van der Waals surface area (Å²) in [5, 5.41) is 5.91. The maximum absolute atomic E-state index is 12.4. The summed E-state index contributed by atoms with van der Waals surface area (Å²) >= 11 is 0. The number of carbonyl (C=O) groups excluding carboxylic acids is 1. The number of hydrogen-bond acceptors (Lipinski definition) is 3. The number of rotatable bonds is 6. The molecule has 1 saturated heterocycles. The largest absolute Gasteiger partial charge is 0.406 e. The molecule has 140 valence electrons. The van der Waals surface area contributed by atoms with Crippen molar-refractivity contribution >= 4 is 30.7 Å². The summed E-state index contributed by atoms with van der Waals surface area (Å²) in [6, 6.07) is 0. The molecule has 1 aromatic heterocycles. The summed E-state index contributed by atoms with van der Waals surface area (Å²) < 4.78 is 38.2. The first-order valence-electron chi connectivity index (χ1n) is 7.48. The molecule has 0 radical (unpaired) electrons. The van der Waals surface area contributed by atoms with Crippen molar-refractivity contribution in [3.05, 3.63) is 18.2 Å². The van der Waals surface area contributed by atoms with E-state index < -0.39 is 12.7 Å². The Labute approximate surface area is 151 Å². The van der Waals surface area contributed by atoms with Crippen LogP contribution in [0.5, 0.6) is 0 Å². The van der Waals surface area contributed by atoms with E-state index in [4.69, 9.17) is 0 Å². The Balaban J connectivity index is 0.00000264. The summed E-state index contributed by atoms with van der Waals surface area (Å²) in [6.07, 6.45) is 1.66. The minimum Gasteiger partial charge on any atom is -0.349 e. The first-order chi connectivity index (χ1) is 10.4. The molecule has 5 nitrogen and oxygen atoms in total. The highest BCUT2D eigenvalue weighted by atomic mass is 35.5. The molecule has 0 aromatic carbocycles. The van der Waals surface area contributed by atoms with Crippen molar-refractivity contribution in [3.8, 4) is 0 Å². The molecule has 10 heteroatoms. The van der Waals surface area contributed by atoms with Gasteiger partial charge in [-0.1, -0.05) is 0 Å². The molecule has 1 aliphatic heterocycles. The molecule has 1 fully saturated rings. The molecule has 0 saturated carbocycles. The minimum absolute atomic E-state index is 0. The third kappa shape index (κ3) is 8.21. The summed E-state index contributed by atoms with van der Waals surface area (Å²) in [5.41, 5.74) is 0. The van der Waals surface area contributed by atoms with E-state index in [1.165, 1.54) is 12.4 Å². The zero-order chi connectivity index (χ0) is 16.0. The number of nitrogens with zero attached hydrogens (tertiary/aromatic N) is 2. The molecular weight excluding hydrogens is 368 g/mol. The second-order valence-corrected chi connectivity index (χ2v) is 5.60. The lowest BCUT2D eigenvalue weighted by molar-refractivity contribution is -0.141. The smallest absolute Gasteiger partial charge is 0.349 e. The Morgan fingerprint density at radius 1 is 1.33 bits per heavy atom. The van der Waals surface area contributed by atoms with Crippen LogP contribution >= 0.6 is 24.8 Å². The van der Waals surface area contributed by atoms with E-state index in [-0.39, 0.29) is 43.1 Å². The fourth-order valence-corrected chi connectivity index (χ4v) is 2.62. The van der Waals surface area contributed by atoms with Crippen molar-refractivity contribution in [2.45, 2.75) is 44.9 Å².